The van der Waals surface area contributed by atoms with Gasteiger partial charge in [-0.15, -0.1) is 11.8 Å². The van der Waals surface area contributed by atoms with Gasteiger partial charge in [-0.05, 0) is 25.5 Å². The molecule has 2 aliphatic heterocycles. The third-order valence-corrected chi connectivity index (χ3v) is 6.16. The molecular weight excluding hydrogens is 406 g/mol. The molecule has 2 aliphatic rings. The Hall–Kier alpha value is -0.550. The average Bonchev–Trinajstić information content (AvgIpc) is 2.81. The fourth-order valence-electron chi connectivity index (χ4n) is 3.43. The van der Waals surface area contributed by atoms with Crippen molar-refractivity contribution in [3.8, 4) is 0 Å². The number of nitrogens with zero attached hydrogens (tertiary/aromatic N) is 1. The van der Waals surface area contributed by atoms with Crippen LogP contribution in [0.2, 0.25) is 0 Å². The first kappa shape index (κ1) is 25.5. The first-order chi connectivity index (χ1) is 12.1. The van der Waals surface area contributed by atoms with Gasteiger partial charge in [0.25, 0.3) is 0 Å². The summed E-state index contributed by atoms with van der Waals surface area (Å²) in [5.41, 5.74) is 0.385. The van der Waals surface area contributed by atoms with E-state index < -0.39 is 46.0 Å². The van der Waals surface area contributed by atoms with Gasteiger partial charge in [0.05, 0.1) is 12.0 Å². The van der Waals surface area contributed by atoms with Gasteiger partial charge in [0.15, 0.2) is 0 Å². The number of hydrogen-bond donors (Lipinski definition) is 3. The van der Waals surface area contributed by atoms with Gasteiger partial charge in [0.2, 0.25) is 11.8 Å². The molecule has 1 aromatic rings. The summed E-state index contributed by atoms with van der Waals surface area (Å²) in [4.78, 5) is 48.6. The van der Waals surface area contributed by atoms with E-state index in [1.54, 1.807) is 32.0 Å². The van der Waals surface area contributed by atoms with Crippen molar-refractivity contribution in [1.29, 1.82) is 0 Å². The monoisotopic (exact) mass is 426 g/mol. The van der Waals surface area contributed by atoms with Gasteiger partial charge in [0, 0.05) is 4.75 Å². The Morgan fingerprint density at radius 2 is 1.79 bits per heavy atom. The molecular formula is C17H20N2Na2O6S. The average molecular weight is 426 g/mol. The molecule has 2 fully saturated rings. The molecule has 2 saturated heterocycles. The van der Waals surface area contributed by atoms with Crippen LogP contribution >= 0.6 is 11.8 Å². The van der Waals surface area contributed by atoms with Gasteiger partial charge < -0.3 is 20.4 Å². The van der Waals surface area contributed by atoms with Crippen LogP contribution in [0.15, 0.2) is 24.3 Å². The van der Waals surface area contributed by atoms with Crippen LogP contribution < -0.4 is 5.32 Å². The van der Waals surface area contributed by atoms with E-state index in [1.807, 2.05) is 0 Å². The predicted octanol–water partition coefficient (Wildman–Crippen LogP) is -0.738. The number of carboxylic acid groups (broad SMARTS) is 2. The Bertz CT molecular complexity index is 819. The number of aliphatic carboxylic acids is 1. The molecule has 28 heavy (non-hydrogen) atoms. The summed E-state index contributed by atoms with van der Waals surface area (Å²) in [7, 11) is 0. The van der Waals surface area contributed by atoms with E-state index in [-0.39, 0.29) is 71.1 Å². The Morgan fingerprint density at radius 3 is 2.36 bits per heavy atom. The summed E-state index contributed by atoms with van der Waals surface area (Å²) in [6, 6.07) is 4.43. The fourth-order valence-corrected chi connectivity index (χ4v) is 5.05. The van der Waals surface area contributed by atoms with E-state index in [0.29, 0.717) is 5.56 Å². The van der Waals surface area contributed by atoms with E-state index in [2.05, 4.69) is 5.32 Å². The molecule has 8 nitrogen and oxygen atoms in total. The standard InChI is InChI=1S/C17H18N2O6S.2Na.2H/c1-17(2)12(16(24)25)19-13(21)11(14(19)26-17)18-10(20)7-8-5-3-4-6-9(8)15(22)23;;;;/h3-6,11-12,14H,7H2,1-2H3,(H,18,20)(H,22,23)(H,24,25);;;;/t11?,12?,14-;;;;/m1..../s1. The van der Waals surface area contributed by atoms with Gasteiger partial charge >= 0.3 is 71.1 Å². The van der Waals surface area contributed by atoms with Crippen LogP contribution in [0.3, 0.4) is 0 Å². The van der Waals surface area contributed by atoms with Crippen molar-refractivity contribution in [3.63, 3.8) is 0 Å². The SMILES string of the molecule is CC1(C)S[C@@H]2C(NC(=O)Cc3ccccc3C(=O)O)C(=O)N2C1C(=O)O.[NaH].[NaH]. The van der Waals surface area contributed by atoms with Crippen LogP contribution in [0.25, 0.3) is 0 Å². The summed E-state index contributed by atoms with van der Waals surface area (Å²) in [6.07, 6.45) is -0.171. The molecule has 11 heteroatoms. The van der Waals surface area contributed by atoms with Crippen molar-refractivity contribution >= 4 is 94.6 Å². The maximum atomic E-state index is 12.3. The second kappa shape index (κ2) is 9.51. The zero-order valence-electron chi connectivity index (χ0n) is 14.1. The quantitative estimate of drug-likeness (QED) is 0.419. The van der Waals surface area contributed by atoms with Gasteiger partial charge in [-0.2, -0.15) is 0 Å². The van der Waals surface area contributed by atoms with Gasteiger partial charge in [-0.1, -0.05) is 18.2 Å². The van der Waals surface area contributed by atoms with Crippen LogP contribution in [0.4, 0.5) is 0 Å². The molecule has 0 radical (unpaired) electrons. The molecule has 2 unspecified atom stereocenters. The Balaban J connectivity index is 0.00000196. The molecule has 1 aromatic carbocycles. The van der Waals surface area contributed by atoms with Crippen LogP contribution in [0.5, 0.6) is 0 Å². The van der Waals surface area contributed by atoms with Crippen LogP contribution in [-0.4, -0.2) is 120 Å². The number of rotatable bonds is 5. The summed E-state index contributed by atoms with van der Waals surface area (Å²) in [5.74, 6) is -3.11. The van der Waals surface area contributed by atoms with E-state index in [0.717, 1.165) is 0 Å². The van der Waals surface area contributed by atoms with Gasteiger partial charge in [0.1, 0.15) is 17.5 Å². The Morgan fingerprint density at radius 1 is 1.18 bits per heavy atom. The zero-order valence-corrected chi connectivity index (χ0v) is 14.9. The number of fused-ring (bicyclic) bond motifs is 1. The van der Waals surface area contributed by atoms with Crippen LogP contribution in [-0.2, 0) is 20.8 Å². The Kier molecular flexibility index (Phi) is 8.65. The number of carboxylic acids is 2. The first-order valence-electron chi connectivity index (χ1n) is 7.97. The molecule has 0 bridgehead atoms. The summed E-state index contributed by atoms with van der Waals surface area (Å²) < 4.78 is -0.665. The fraction of sp³-hybridized carbons (Fsp3) is 0.412. The van der Waals surface area contributed by atoms with Crippen molar-refractivity contribution in [3.05, 3.63) is 35.4 Å². The topological polar surface area (TPSA) is 124 Å². The number of carbonyl (C=O) groups excluding carboxylic acids is 2. The van der Waals surface area contributed by atoms with E-state index in [4.69, 9.17) is 0 Å². The van der Waals surface area contributed by atoms with Crippen LogP contribution in [0, 0.1) is 0 Å². The molecule has 3 atom stereocenters. The second-order valence-corrected chi connectivity index (χ2v) is 8.55. The van der Waals surface area contributed by atoms with Crippen molar-refractivity contribution in [2.45, 2.75) is 42.5 Å². The minimum absolute atomic E-state index is 0. The number of hydrogen-bond acceptors (Lipinski definition) is 5. The summed E-state index contributed by atoms with van der Waals surface area (Å²) in [6.45, 7) is 3.51. The molecule has 2 amide bonds. The van der Waals surface area contributed by atoms with Crippen molar-refractivity contribution < 1.29 is 29.4 Å². The summed E-state index contributed by atoms with van der Waals surface area (Å²) in [5, 5.41) is 20.7. The first-order valence-corrected chi connectivity index (χ1v) is 8.85. The van der Waals surface area contributed by atoms with Crippen molar-refractivity contribution in [1.82, 2.24) is 10.2 Å². The van der Waals surface area contributed by atoms with E-state index >= 15 is 0 Å². The third kappa shape index (κ3) is 4.61. The molecule has 142 valence electrons. The van der Waals surface area contributed by atoms with Crippen molar-refractivity contribution in [2.24, 2.45) is 0 Å². The van der Waals surface area contributed by atoms with Crippen molar-refractivity contribution in [2.75, 3.05) is 0 Å². The number of benzene rings is 1. The predicted molar refractivity (Wildman–Crippen MR) is 107 cm³/mol. The molecule has 2 heterocycles. The molecule has 0 spiro atoms. The molecule has 3 rings (SSSR count). The molecule has 0 aromatic heterocycles. The minimum atomic E-state index is -1.13. The number of thioether (sulfide) groups is 1. The van der Waals surface area contributed by atoms with Gasteiger partial charge in [-0.3, -0.25) is 9.59 Å². The number of carbonyl (C=O) groups is 4. The normalized spacial score (nSPS) is 24.1. The number of nitrogens with one attached hydrogen (secondary N) is 1. The maximum absolute atomic E-state index is 12.3. The summed E-state index contributed by atoms with van der Waals surface area (Å²) >= 11 is 1.34. The zero-order chi connectivity index (χ0) is 19.2. The molecule has 0 aliphatic carbocycles. The van der Waals surface area contributed by atoms with Crippen LogP contribution in [0.1, 0.15) is 29.8 Å². The number of β-lactam (4-membered cyclic amide) rings is 1. The number of aromatic carboxylic acids is 1. The second-order valence-electron chi connectivity index (χ2n) is 6.78. The van der Waals surface area contributed by atoms with Gasteiger partial charge in [-0.25, -0.2) is 9.59 Å². The van der Waals surface area contributed by atoms with E-state index in [1.165, 1.54) is 22.7 Å². The molecule has 0 saturated carbocycles. The molecule has 3 N–H and O–H groups in total. The van der Waals surface area contributed by atoms with E-state index in [9.17, 15) is 29.4 Å². The third-order valence-electron chi connectivity index (χ3n) is 4.59. The Labute approximate surface area is 210 Å². The number of amides is 2.